The van der Waals surface area contributed by atoms with Gasteiger partial charge in [-0.3, -0.25) is 4.99 Å². The lowest BCUT2D eigenvalue weighted by molar-refractivity contribution is 0.149. The van der Waals surface area contributed by atoms with Crippen molar-refractivity contribution in [1.82, 2.24) is 5.32 Å². The van der Waals surface area contributed by atoms with Gasteiger partial charge in [0.2, 0.25) is 0 Å². The summed E-state index contributed by atoms with van der Waals surface area (Å²) < 4.78 is 5.25. The molecule has 0 heterocycles. The average molecular weight is 508 g/mol. The van der Waals surface area contributed by atoms with Crippen LogP contribution in [0.1, 0.15) is 51.7 Å². The molecular weight excluding hydrogens is 484 g/mol. The number of aliphatic imine (C=N–C) groups is 1. The molecule has 2 unspecified atom stereocenters. The maximum atomic E-state index is 11.7. The molecule has 1 N–H and O–H groups in total. The number of halogens is 2. The number of fused-ring (bicyclic) bond motifs is 2. The van der Waals surface area contributed by atoms with Gasteiger partial charge in [-0.05, 0) is 17.5 Å². The molecule has 0 radical (unpaired) electrons. The number of nitrogens with one attached hydrogen (secondary N) is 1. The van der Waals surface area contributed by atoms with Gasteiger partial charge in [0, 0.05) is 17.7 Å². The summed E-state index contributed by atoms with van der Waals surface area (Å²) in [6.45, 7) is 3.39. The normalized spacial score (nSPS) is 17.9. The van der Waals surface area contributed by atoms with Crippen molar-refractivity contribution in [3.05, 3.63) is 70.8 Å². The number of ether oxygens (including phenoxy) is 1. The predicted octanol–water partition coefficient (Wildman–Crippen LogP) is 5.94. The van der Waals surface area contributed by atoms with Gasteiger partial charge >= 0.3 is 6.09 Å². The molecule has 2 aromatic carbocycles. The largest absolute Gasteiger partial charge is 0.448 e. The van der Waals surface area contributed by atoms with E-state index in [1.807, 2.05) is 24.3 Å². The van der Waals surface area contributed by atoms with Crippen molar-refractivity contribution in [2.75, 3.05) is 19.7 Å². The number of benzene rings is 2. The van der Waals surface area contributed by atoms with Gasteiger partial charge in [-0.2, -0.15) is 0 Å². The molecule has 2 aromatic rings. The fourth-order valence-electron chi connectivity index (χ4n) is 3.25. The summed E-state index contributed by atoms with van der Waals surface area (Å²) in [5.74, 6) is 0. The molecule has 0 saturated heterocycles. The quantitative estimate of drug-likeness (QED) is 0.388. The van der Waals surface area contributed by atoms with Crippen molar-refractivity contribution in [2.24, 2.45) is 4.99 Å². The van der Waals surface area contributed by atoms with E-state index in [9.17, 15) is 4.79 Å². The van der Waals surface area contributed by atoms with Gasteiger partial charge in [-0.25, -0.2) is 4.79 Å². The number of nitrogens with zero attached hydrogens (tertiary/aromatic N) is 1. The van der Waals surface area contributed by atoms with Crippen LogP contribution in [0.2, 0.25) is 0 Å². The lowest BCUT2D eigenvalue weighted by Gasteiger charge is -2.16. The molecule has 0 bridgehead atoms. The highest BCUT2D eigenvalue weighted by atomic mass is 79.9. The first kappa shape index (κ1) is 21.1. The maximum Gasteiger partial charge on any atom is 0.407 e. The van der Waals surface area contributed by atoms with Gasteiger partial charge in [0.15, 0.2) is 0 Å². The molecule has 0 aromatic heterocycles. The number of carbonyl (C=O) groups is 1. The number of alkyl halides is 2. The lowest BCUT2D eigenvalue weighted by atomic mass is 9.98. The lowest BCUT2D eigenvalue weighted by Crippen LogP contribution is -2.26. The minimum atomic E-state index is -0.378. The van der Waals surface area contributed by atoms with E-state index in [0.717, 1.165) is 29.7 Å². The molecule has 0 fully saturated rings. The van der Waals surface area contributed by atoms with Crippen LogP contribution >= 0.6 is 31.9 Å². The molecule has 0 spiro atoms. The number of rotatable bonds is 6. The summed E-state index contributed by atoms with van der Waals surface area (Å²) in [4.78, 5) is 16.8. The summed E-state index contributed by atoms with van der Waals surface area (Å²) >= 11 is 7.70. The minimum Gasteiger partial charge on any atom is -0.448 e. The van der Waals surface area contributed by atoms with Gasteiger partial charge in [0.25, 0.3) is 0 Å². The van der Waals surface area contributed by atoms with Crippen molar-refractivity contribution in [2.45, 2.75) is 29.4 Å². The van der Waals surface area contributed by atoms with Crippen molar-refractivity contribution in [1.29, 1.82) is 0 Å². The standard InChI is InChI=1S/C22H24Br2N2O2/c1-2-3-12-26-22(27)28-14-13-25-21-17-10-6-4-8-15(17)19(23)20(24)16-9-5-7-11-18(16)21/h4-11,19-20H,2-3,12-14H2,1H3,(H,26,27). The zero-order valence-electron chi connectivity index (χ0n) is 15.8. The van der Waals surface area contributed by atoms with Gasteiger partial charge in [-0.1, -0.05) is 93.7 Å². The van der Waals surface area contributed by atoms with Crippen molar-refractivity contribution in [3.63, 3.8) is 0 Å². The van der Waals surface area contributed by atoms with Crippen molar-refractivity contribution in [3.8, 4) is 0 Å². The molecule has 0 aliphatic heterocycles. The molecule has 1 aliphatic rings. The topological polar surface area (TPSA) is 50.7 Å². The van der Waals surface area contributed by atoms with E-state index in [-0.39, 0.29) is 22.4 Å². The number of carbonyl (C=O) groups excluding carboxylic acids is 1. The number of hydrogen-bond acceptors (Lipinski definition) is 3. The average Bonchev–Trinajstić information content (AvgIpc) is 2.81. The van der Waals surface area contributed by atoms with Crippen molar-refractivity contribution >= 4 is 43.7 Å². The Labute approximate surface area is 183 Å². The minimum absolute atomic E-state index is 0.137. The van der Waals surface area contributed by atoms with E-state index < -0.39 is 0 Å². The van der Waals surface area contributed by atoms with E-state index in [1.54, 1.807) is 0 Å². The van der Waals surface area contributed by atoms with Crippen LogP contribution in [0.25, 0.3) is 0 Å². The molecule has 3 rings (SSSR count). The van der Waals surface area contributed by atoms with Gasteiger partial charge < -0.3 is 10.1 Å². The fourth-order valence-corrected chi connectivity index (χ4v) is 4.62. The Morgan fingerprint density at radius 2 is 1.61 bits per heavy atom. The summed E-state index contributed by atoms with van der Waals surface area (Å²) in [6.07, 6.45) is 1.61. The summed E-state index contributed by atoms with van der Waals surface area (Å²) in [5.41, 5.74) is 5.53. The third kappa shape index (κ3) is 4.84. The molecule has 28 heavy (non-hydrogen) atoms. The SMILES string of the molecule is CCCCNC(=O)OCCN=C1c2ccccc2C(Br)C(Br)c2ccccc21. The Morgan fingerprint density at radius 1 is 1.04 bits per heavy atom. The molecular formula is C22H24Br2N2O2. The van der Waals surface area contributed by atoms with E-state index in [4.69, 9.17) is 9.73 Å². The number of amides is 1. The van der Waals surface area contributed by atoms with Crippen LogP contribution in [-0.4, -0.2) is 31.5 Å². The Balaban J connectivity index is 1.82. The van der Waals surface area contributed by atoms with Gasteiger partial charge in [-0.15, -0.1) is 0 Å². The van der Waals surface area contributed by atoms with E-state index >= 15 is 0 Å². The monoisotopic (exact) mass is 506 g/mol. The van der Waals surface area contributed by atoms with Crippen LogP contribution in [0.5, 0.6) is 0 Å². The highest BCUT2D eigenvalue weighted by Gasteiger charge is 2.30. The van der Waals surface area contributed by atoms with E-state index in [2.05, 4.69) is 68.4 Å². The zero-order chi connectivity index (χ0) is 19.9. The van der Waals surface area contributed by atoms with Crippen LogP contribution in [-0.2, 0) is 4.74 Å². The highest BCUT2D eigenvalue weighted by molar-refractivity contribution is 9.12. The maximum absolute atomic E-state index is 11.7. The van der Waals surface area contributed by atoms with Crippen LogP contribution in [0.3, 0.4) is 0 Å². The van der Waals surface area contributed by atoms with Gasteiger partial charge in [0.05, 0.1) is 21.9 Å². The predicted molar refractivity (Wildman–Crippen MR) is 121 cm³/mol. The summed E-state index contributed by atoms with van der Waals surface area (Å²) in [5, 5.41) is 2.75. The molecule has 6 heteroatoms. The first-order valence-electron chi connectivity index (χ1n) is 9.55. The second kappa shape index (κ2) is 10.2. The molecule has 4 nitrogen and oxygen atoms in total. The second-order valence-corrected chi connectivity index (χ2v) is 8.60. The van der Waals surface area contributed by atoms with E-state index in [0.29, 0.717) is 13.1 Å². The number of hydrogen-bond donors (Lipinski definition) is 1. The van der Waals surface area contributed by atoms with Crippen LogP contribution < -0.4 is 5.32 Å². The fraction of sp³-hybridized carbons (Fsp3) is 0.364. The Morgan fingerprint density at radius 3 is 2.18 bits per heavy atom. The third-order valence-corrected chi connectivity index (χ3v) is 7.43. The highest BCUT2D eigenvalue weighted by Crippen LogP contribution is 2.47. The van der Waals surface area contributed by atoms with Crippen LogP contribution in [0.15, 0.2) is 53.5 Å². The van der Waals surface area contributed by atoms with Crippen LogP contribution in [0.4, 0.5) is 4.79 Å². The first-order valence-corrected chi connectivity index (χ1v) is 11.4. The smallest absolute Gasteiger partial charge is 0.407 e. The van der Waals surface area contributed by atoms with Crippen LogP contribution in [0, 0.1) is 0 Å². The second-order valence-electron chi connectivity index (χ2n) is 6.62. The van der Waals surface area contributed by atoms with Gasteiger partial charge in [0.1, 0.15) is 6.61 Å². The van der Waals surface area contributed by atoms with E-state index in [1.165, 1.54) is 11.1 Å². The molecule has 0 saturated carbocycles. The Bertz CT molecular complexity index is 800. The molecule has 1 aliphatic carbocycles. The third-order valence-electron chi connectivity index (χ3n) is 4.68. The number of unbranched alkanes of at least 4 members (excludes halogenated alkanes) is 1. The molecule has 1 amide bonds. The summed E-state index contributed by atoms with van der Waals surface area (Å²) in [7, 11) is 0. The zero-order valence-corrected chi connectivity index (χ0v) is 19.0. The Kier molecular flexibility index (Phi) is 7.68. The molecule has 148 valence electrons. The number of alkyl carbamates (subject to hydrolysis) is 1. The summed E-state index contributed by atoms with van der Waals surface area (Å²) in [6, 6.07) is 16.6. The first-order chi connectivity index (χ1) is 13.6. The Hall–Kier alpha value is -1.66. The van der Waals surface area contributed by atoms with Crippen molar-refractivity contribution < 1.29 is 9.53 Å². The molecule has 2 atom stereocenters.